The maximum Gasteiger partial charge on any atom is 0.271 e. The lowest BCUT2D eigenvalue weighted by molar-refractivity contribution is -0.384. The summed E-state index contributed by atoms with van der Waals surface area (Å²) < 4.78 is 27.1. The Morgan fingerprint density at radius 2 is 1.81 bits per heavy atom. The Morgan fingerprint density at radius 3 is 2.33 bits per heavy atom. The Hall–Kier alpha value is -2.99. The molecule has 36 heavy (non-hydrogen) atoms. The second kappa shape index (κ2) is 11.4. The zero-order valence-electron chi connectivity index (χ0n) is 21.1. The number of amides is 2. The van der Waals surface area contributed by atoms with Gasteiger partial charge in [0.25, 0.3) is 5.69 Å². The molecule has 0 unspecified atom stereocenters. The number of nitro benzene ring substituents is 1. The first kappa shape index (κ1) is 29.2. The van der Waals surface area contributed by atoms with E-state index in [1.54, 1.807) is 32.0 Å². The van der Waals surface area contributed by atoms with Crippen LogP contribution in [-0.4, -0.2) is 54.4 Å². The number of aryl methyl sites for hydroxylation is 1. The van der Waals surface area contributed by atoms with E-state index in [9.17, 15) is 28.1 Å². The lowest BCUT2D eigenvalue weighted by atomic mass is 10.1. The van der Waals surface area contributed by atoms with Crippen molar-refractivity contribution in [3.05, 3.63) is 68.2 Å². The van der Waals surface area contributed by atoms with E-state index in [0.717, 1.165) is 26.7 Å². The van der Waals surface area contributed by atoms with Gasteiger partial charge >= 0.3 is 0 Å². The highest BCUT2D eigenvalue weighted by atomic mass is 79.9. The second-order valence-electron chi connectivity index (χ2n) is 9.56. The van der Waals surface area contributed by atoms with Crippen LogP contribution in [0, 0.1) is 17.0 Å². The van der Waals surface area contributed by atoms with Crippen LogP contribution in [0.4, 0.5) is 11.4 Å². The average molecular weight is 584 g/mol. The van der Waals surface area contributed by atoms with Crippen LogP contribution < -0.4 is 9.62 Å². The van der Waals surface area contributed by atoms with Gasteiger partial charge in [0.05, 0.1) is 16.9 Å². The van der Waals surface area contributed by atoms with Crippen molar-refractivity contribution in [3.8, 4) is 0 Å². The number of sulfonamides is 1. The molecule has 0 spiro atoms. The first-order valence-corrected chi connectivity index (χ1v) is 13.7. The lowest BCUT2D eigenvalue weighted by Gasteiger charge is -2.33. The summed E-state index contributed by atoms with van der Waals surface area (Å²) >= 11 is 3.39. The number of benzene rings is 2. The monoisotopic (exact) mass is 582 g/mol. The summed E-state index contributed by atoms with van der Waals surface area (Å²) in [6, 6.07) is 10.1. The van der Waals surface area contributed by atoms with E-state index in [-0.39, 0.29) is 17.9 Å². The minimum atomic E-state index is -4.01. The lowest BCUT2D eigenvalue weighted by Crippen LogP contribution is -2.54. The number of nitrogens with one attached hydrogen (secondary N) is 1. The molecule has 0 radical (unpaired) electrons. The van der Waals surface area contributed by atoms with Crippen LogP contribution in [0.2, 0.25) is 0 Å². The van der Waals surface area contributed by atoms with Crippen molar-refractivity contribution in [2.24, 2.45) is 0 Å². The van der Waals surface area contributed by atoms with Crippen LogP contribution in [0.25, 0.3) is 0 Å². The van der Waals surface area contributed by atoms with Crippen molar-refractivity contribution >= 4 is 49.1 Å². The molecule has 10 nitrogen and oxygen atoms in total. The number of anilines is 1. The van der Waals surface area contributed by atoms with E-state index < -0.39 is 44.9 Å². The predicted molar refractivity (Wildman–Crippen MR) is 142 cm³/mol. The summed E-state index contributed by atoms with van der Waals surface area (Å²) in [4.78, 5) is 38.5. The average Bonchev–Trinajstić information content (AvgIpc) is 2.73. The standard InChI is InChI=1S/C24H31BrN4O6S/c1-16-10-11-20(29(32)33)13-21(16)28(36(6,34)35)15-22(30)27(14-18-8-7-9-19(25)12-18)17(2)23(31)26-24(3,4)5/h7-13,17H,14-15H2,1-6H3,(H,26,31)/t17-/m1/s1. The zero-order chi connectivity index (χ0) is 27.4. The van der Waals surface area contributed by atoms with Crippen LogP contribution in [-0.2, 0) is 26.2 Å². The van der Waals surface area contributed by atoms with Gasteiger partial charge in [-0.3, -0.25) is 24.0 Å². The van der Waals surface area contributed by atoms with Gasteiger partial charge in [0, 0.05) is 28.7 Å². The van der Waals surface area contributed by atoms with Crippen LogP contribution in [0.5, 0.6) is 0 Å². The van der Waals surface area contributed by atoms with Crippen molar-refractivity contribution < 1.29 is 22.9 Å². The summed E-state index contributed by atoms with van der Waals surface area (Å²) in [6.07, 6.45) is 0.924. The molecule has 0 aromatic heterocycles. The van der Waals surface area contributed by atoms with Gasteiger partial charge in [0.1, 0.15) is 12.6 Å². The summed E-state index contributed by atoms with van der Waals surface area (Å²) in [5.41, 5.74) is 0.339. The van der Waals surface area contributed by atoms with Crippen molar-refractivity contribution in [2.45, 2.75) is 52.7 Å². The Kier molecular flexibility index (Phi) is 9.24. The number of non-ortho nitro benzene ring substituents is 1. The van der Waals surface area contributed by atoms with Crippen LogP contribution in [0.15, 0.2) is 46.9 Å². The predicted octanol–water partition coefficient (Wildman–Crippen LogP) is 3.76. The first-order chi connectivity index (χ1) is 16.5. The van der Waals surface area contributed by atoms with Crippen molar-refractivity contribution in [2.75, 3.05) is 17.1 Å². The van der Waals surface area contributed by atoms with E-state index in [1.165, 1.54) is 17.0 Å². The minimum Gasteiger partial charge on any atom is -0.350 e. The number of carbonyl (C=O) groups is 2. The molecule has 0 aliphatic rings. The largest absolute Gasteiger partial charge is 0.350 e. The summed E-state index contributed by atoms with van der Waals surface area (Å²) in [7, 11) is -4.01. The van der Waals surface area contributed by atoms with E-state index in [2.05, 4.69) is 21.2 Å². The van der Waals surface area contributed by atoms with Crippen molar-refractivity contribution in [1.82, 2.24) is 10.2 Å². The number of rotatable bonds is 9. The quantitative estimate of drug-likeness (QED) is 0.354. The van der Waals surface area contributed by atoms with Crippen LogP contribution >= 0.6 is 15.9 Å². The molecule has 0 bridgehead atoms. The molecule has 1 N–H and O–H groups in total. The fraction of sp³-hybridized carbons (Fsp3) is 0.417. The molecule has 0 heterocycles. The second-order valence-corrected chi connectivity index (χ2v) is 12.4. The number of hydrogen-bond acceptors (Lipinski definition) is 6. The van der Waals surface area contributed by atoms with Gasteiger partial charge in [0.2, 0.25) is 21.8 Å². The number of nitrogens with zero attached hydrogens (tertiary/aromatic N) is 3. The van der Waals surface area contributed by atoms with Gasteiger partial charge in [0.15, 0.2) is 0 Å². The van der Waals surface area contributed by atoms with Gasteiger partial charge in [-0.05, 0) is 57.9 Å². The van der Waals surface area contributed by atoms with Crippen molar-refractivity contribution in [1.29, 1.82) is 0 Å². The maximum atomic E-state index is 13.6. The fourth-order valence-electron chi connectivity index (χ4n) is 3.46. The summed E-state index contributed by atoms with van der Waals surface area (Å²) in [5.74, 6) is -1.04. The van der Waals surface area contributed by atoms with Gasteiger partial charge in [-0.15, -0.1) is 0 Å². The molecule has 196 valence electrons. The third-order valence-corrected chi connectivity index (χ3v) is 6.88. The molecule has 0 saturated carbocycles. The Morgan fingerprint density at radius 1 is 1.17 bits per heavy atom. The SMILES string of the molecule is Cc1ccc([N+](=O)[O-])cc1N(CC(=O)N(Cc1cccc(Br)c1)[C@H](C)C(=O)NC(C)(C)C)S(C)(=O)=O. The molecule has 0 aliphatic heterocycles. The minimum absolute atomic E-state index is 0.0225. The topological polar surface area (TPSA) is 130 Å². The Balaban J connectivity index is 2.50. The van der Waals surface area contributed by atoms with E-state index >= 15 is 0 Å². The zero-order valence-corrected chi connectivity index (χ0v) is 23.5. The molecular weight excluding hydrogens is 552 g/mol. The highest BCUT2D eigenvalue weighted by Gasteiger charge is 2.32. The normalized spacial score (nSPS) is 12.5. The first-order valence-electron chi connectivity index (χ1n) is 11.1. The molecule has 0 fully saturated rings. The third kappa shape index (κ3) is 8.02. The Labute approximate surface area is 220 Å². The van der Waals surface area contributed by atoms with E-state index in [1.807, 2.05) is 26.8 Å². The molecule has 2 amide bonds. The third-order valence-electron chi connectivity index (χ3n) is 5.26. The fourth-order valence-corrected chi connectivity index (χ4v) is 4.81. The Bertz CT molecular complexity index is 1260. The number of halogens is 1. The summed E-state index contributed by atoms with van der Waals surface area (Å²) in [5, 5.41) is 14.1. The molecular formula is C24H31BrN4O6S. The van der Waals surface area contributed by atoms with Gasteiger partial charge in [-0.25, -0.2) is 8.42 Å². The maximum absolute atomic E-state index is 13.6. The molecule has 12 heteroatoms. The van der Waals surface area contributed by atoms with Crippen molar-refractivity contribution in [3.63, 3.8) is 0 Å². The highest BCUT2D eigenvalue weighted by molar-refractivity contribution is 9.10. The number of hydrogen-bond donors (Lipinski definition) is 1. The smallest absolute Gasteiger partial charge is 0.271 e. The van der Waals surface area contributed by atoms with E-state index in [4.69, 9.17) is 0 Å². The van der Waals surface area contributed by atoms with E-state index in [0.29, 0.717) is 5.56 Å². The van der Waals surface area contributed by atoms with Gasteiger partial charge < -0.3 is 10.2 Å². The highest BCUT2D eigenvalue weighted by Crippen LogP contribution is 2.28. The molecule has 1 atom stereocenters. The molecule has 0 saturated heterocycles. The van der Waals surface area contributed by atoms with Gasteiger partial charge in [-0.2, -0.15) is 0 Å². The van der Waals surface area contributed by atoms with Gasteiger partial charge in [-0.1, -0.05) is 34.1 Å². The number of nitro groups is 1. The molecule has 2 rings (SSSR count). The molecule has 0 aliphatic carbocycles. The molecule has 2 aromatic carbocycles. The summed E-state index contributed by atoms with van der Waals surface area (Å²) in [6.45, 7) is 8.02. The molecule has 2 aromatic rings. The van der Waals surface area contributed by atoms with Crippen LogP contribution in [0.1, 0.15) is 38.8 Å². The number of carbonyl (C=O) groups excluding carboxylic acids is 2. The van der Waals surface area contributed by atoms with Crippen LogP contribution in [0.3, 0.4) is 0 Å².